The van der Waals surface area contributed by atoms with Crippen LogP contribution in [0.4, 0.5) is 10.5 Å². The second-order valence-electron chi connectivity index (χ2n) is 4.27. The molecule has 3 N–H and O–H groups in total. The molecule has 0 heterocycles. The molecule has 2 atom stereocenters. The maximum atomic E-state index is 11.7. The van der Waals surface area contributed by atoms with Gasteiger partial charge in [0, 0.05) is 23.9 Å². The fraction of sp³-hybridized carbons (Fsp3) is 0.357. The molecule has 4 heteroatoms. The second kappa shape index (κ2) is 6.67. The van der Waals surface area contributed by atoms with Crippen LogP contribution in [0, 0.1) is 18.3 Å². The number of hydrogen-bond donors (Lipinski definition) is 3. The number of nitrogens with one attached hydrogen (secondary N) is 2. The summed E-state index contributed by atoms with van der Waals surface area (Å²) in [5.41, 5.74) is 1.36. The Morgan fingerprint density at radius 3 is 2.83 bits per heavy atom. The van der Waals surface area contributed by atoms with Gasteiger partial charge in [0.1, 0.15) is 0 Å². The molecule has 1 rings (SSSR count). The van der Waals surface area contributed by atoms with Gasteiger partial charge in [-0.05, 0) is 31.0 Å². The normalized spacial score (nSPS) is 13.2. The SMILES string of the molecule is C#Cc1cccc(NC(=O)NC(C)C(C)CO)c1. The third-order valence-electron chi connectivity index (χ3n) is 2.79. The van der Waals surface area contributed by atoms with Crippen molar-refractivity contribution in [3.63, 3.8) is 0 Å². The molecule has 18 heavy (non-hydrogen) atoms. The summed E-state index contributed by atoms with van der Waals surface area (Å²) in [6.07, 6.45) is 5.28. The van der Waals surface area contributed by atoms with Crippen molar-refractivity contribution in [2.24, 2.45) is 5.92 Å². The lowest BCUT2D eigenvalue weighted by atomic mass is 10.1. The van der Waals surface area contributed by atoms with Crippen LogP contribution in [0.3, 0.4) is 0 Å². The number of aliphatic hydroxyl groups is 1. The van der Waals surface area contributed by atoms with E-state index >= 15 is 0 Å². The Morgan fingerprint density at radius 2 is 2.22 bits per heavy atom. The van der Waals surface area contributed by atoms with Crippen molar-refractivity contribution in [1.29, 1.82) is 0 Å². The van der Waals surface area contributed by atoms with E-state index < -0.39 is 0 Å². The zero-order valence-electron chi connectivity index (χ0n) is 10.6. The fourth-order valence-corrected chi connectivity index (χ4v) is 1.36. The predicted molar refractivity (Wildman–Crippen MR) is 72.2 cm³/mol. The average molecular weight is 246 g/mol. The van der Waals surface area contributed by atoms with Crippen LogP contribution >= 0.6 is 0 Å². The molecule has 96 valence electrons. The first kappa shape index (κ1) is 14.1. The van der Waals surface area contributed by atoms with E-state index in [2.05, 4.69) is 16.6 Å². The van der Waals surface area contributed by atoms with Crippen LogP contribution < -0.4 is 10.6 Å². The number of hydrogen-bond acceptors (Lipinski definition) is 2. The van der Waals surface area contributed by atoms with Crippen LogP contribution in [0.5, 0.6) is 0 Å². The quantitative estimate of drug-likeness (QED) is 0.709. The van der Waals surface area contributed by atoms with Gasteiger partial charge in [0.05, 0.1) is 0 Å². The van der Waals surface area contributed by atoms with Gasteiger partial charge in [0.25, 0.3) is 0 Å². The van der Waals surface area contributed by atoms with Crippen molar-refractivity contribution in [2.75, 3.05) is 11.9 Å². The third kappa shape index (κ3) is 4.11. The summed E-state index contributed by atoms with van der Waals surface area (Å²) >= 11 is 0. The molecule has 0 aliphatic heterocycles. The largest absolute Gasteiger partial charge is 0.396 e. The van der Waals surface area contributed by atoms with Gasteiger partial charge in [0.2, 0.25) is 0 Å². The monoisotopic (exact) mass is 246 g/mol. The lowest BCUT2D eigenvalue weighted by Crippen LogP contribution is -2.40. The lowest BCUT2D eigenvalue weighted by molar-refractivity contribution is 0.204. The number of amides is 2. The zero-order chi connectivity index (χ0) is 13.5. The molecule has 0 aliphatic rings. The third-order valence-corrected chi connectivity index (χ3v) is 2.79. The number of carbonyl (C=O) groups is 1. The molecule has 0 spiro atoms. The van der Waals surface area contributed by atoms with Gasteiger partial charge >= 0.3 is 6.03 Å². The molecule has 0 saturated heterocycles. The van der Waals surface area contributed by atoms with Gasteiger partial charge < -0.3 is 15.7 Å². The Hall–Kier alpha value is -1.99. The number of urea groups is 1. The smallest absolute Gasteiger partial charge is 0.319 e. The highest BCUT2D eigenvalue weighted by molar-refractivity contribution is 5.89. The lowest BCUT2D eigenvalue weighted by Gasteiger charge is -2.19. The molecule has 1 aromatic rings. The van der Waals surface area contributed by atoms with Crippen molar-refractivity contribution in [3.8, 4) is 12.3 Å². The van der Waals surface area contributed by atoms with Crippen LogP contribution in [0.25, 0.3) is 0 Å². The summed E-state index contributed by atoms with van der Waals surface area (Å²) in [6, 6.07) is 6.65. The highest BCUT2D eigenvalue weighted by atomic mass is 16.3. The standard InChI is InChI=1S/C14H18N2O2/c1-4-12-6-5-7-13(8-12)16-14(18)15-11(3)10(2)9-17/h1,5-8,10-11,17H,9H2,2-3H3,(H2,15,16,18). The molecule has 4 nitrogen and oxygen atoms in total. The fourth-order valence-electron chi connectivity index (χ4n) is 1.36. The highest BCUT2D eigenvalue weighted by Crippen LogP contribution is 2.09. The van der Waals surface area contributed by atoms with E-state index in [1.807, 2.05) is 13.8 Å². The number of rotatable bonds is 4. The van der Waals surface area contributed by atoms with Crippen LogP contribution in [0.2, 0.25) is 0 Å². The van der Waals surface area contributed by atoms with Crippen LogP contribution in [-0.4, -0.2) is 23.8 Å². The van der Waals surface area contributed by atoms with Gasteiger partial charge in [-0.25, -0.2) is 4.79 Å². The maximum absolute atomic E-state index is 11.7. The van der Waals surface area contributed by atoms with Crippen LogP contribution in [0.1, 0.15) is 19.4 Å². The van der Waals surface area contributed by atoms with Crippen molar-refractivity contribution in [2.45, 2.75) is 19.9 Å². The topological polar surface area (TPSA) is 61.4 Å². The summed E-state index contributed by atoms with van der Waals surface area (Å²) in [5.74, 6) is 2.51. The van der Waals surface area contributed by atoms with Crippen molar-refractivity contribution in [3.05, 3.63) is 29.8 Å². The van der Waals surface area contributed by atoms with E-state index in [1.165, 1.54) is 0 Å². The molecule has 0 fully saturated rings. The number of terminal acetylenes is 1. The molecule has 0 saturated carbocycles. The number of anilines is 1. The minimum atomic E-state index is -0.308. The molecule has 2 unspecified atom stereocenters. The molecule has 0 bridgehead atoms. The molecule has 0 aromatic heterocycles. The summed E-state index contributed by atoms with van der Waals surface area (Å²) in [5, 5.41) is 14.4. The first-order valence-electron chi connectivity index (χ1n) is 5.82. The van der Waals surface area contributed by atoms with Gasteiger partial charge in [-0.1, -0.05) is 18.9 Å². The molecular weight excluding hydrogens is 228 g/mol. The van der Waals surface area contributed by atoms with Gasteiger partial charge in [-0.3, -0.25) is 0 Å². The van der Waals surface area contributed by atoms with Crippen molar-refractivity contribution >= 4 is 11.7 Å². The Morgan fingerprint density at radius 1 is 1.50 bits per heavy atom. The minimum absolute atomic E-state index is 0.00722. The van der Waals surface area contributed by atoms with Crippen molar-refractivity contribution in [1.82, 2.24) is 5.32 Å². The first-order valence-corrected chi connectivity index (χ1v) is 5.82. The summed E-state index contributed by atoms with van der Waals surface area (Å²) < 4.78 is 0. The first-order chi connectivity index (χ1) is 8.56. The minimum Gasteiger partial charge on any atom is -0.396 e. The summed E-state index contributed by atoms with van der Waals surface area (Å²) in [6.45, 7) is 3.75. The Labute approximate surface area is 107 Å². The van der Waals surface area contributed by atoms with Gasteiger partial charge in [0.15, 0.2) is 0 Å². The summed E-state index contributed by atoms with van der Waals surface area (Å²) in [4.78, 5) is 11.7. The van der Waals surface area contributed by atoms with Crippen molar-refractivity contribution < 1.29 is 9.90 Å². The Bertz CT molecular complexity index is 451. The molecular formula is C14H18N2O2. The number of aliphatic hydroxyl groups excluding tert-OH is 1. The van der Waals surface area contributed by atoms with E-state index in [1.54, 1.807) is 24.3 Å². The molecule has 0 aliphatic carbocycles. The molecule has 2 amide bonds. The van der Waals surface area contributed by atoms with E-state index in [9.17, 15) is 4.79 Å². The van der Waals surface area contributed by atoms with E-state index in [0.29, 0.717) is 11.3 Å². The van der Waals surface area contributed by atoms with Gasteiger partial charge in [-0.2, -0.15) is 0 Å². The Balaban J connectivity index is 2.57. The van der Waals surface area contributed by atoms with E-state index in [-0.39, 0.29) is 24.6 Å². The number of benzene rings is 1. The predicted octanol–water partition coefficient (Wildman–Crippen LogP) is 1.81. The van der Waals surface area contributed by atoms with Crippen LogP contribution in [-0.2, 0) is 0 Å². The summed E-state index contributed by atoms with van der Waals surface area (Å²) in [7, 11) is 0. The van der Waals surface area contributed by atoms with Gasteiger partial charge in [-0.15, -0.1) is 6.42 Å². The van der Waals surface area contributed by atoms with Crippen LogP contribution in [0.15, 0.2) is 24.3 Å². The average Bonchev–Trinajstić information content (AvgIpc) is 2.37. The number of carbonyl (C=O) groups excluding carboxylic acids is 1. The van der Waals surface area contributed by atoms with E-state index in [4.69, 9.17) is 11.5 Å². The molecule has 1 aromatic carbocycles. The van der Waals surface area contributed by atoms with E-state index in [0.717, 1.165) is 0 Å². The highest BCUT2D eigenvalue weighted by Gasteiger charge is 2.13. The Kier molecular flexibility index (Phi) is 5.22. The second-order valence-corrected chi connectivity index (χ2v) is 4.27. The zero-order valence-corrected chi connectivity index (χ0v) is 10.6. The molecule has 0 radical (unpaired) electrons. The maximum Gasteiger partial charge on any atom is 0.319 e.